The number of hydrogen-bond donors (Lipinski definition) is 1. The van der Waals surface area contributed by atoms with E-state index in [1.807, 2.05) is 0 Å². The molecule has 1 N–H and O–H groups in total. The topological polar surface area (TPSA) is 15.3 Å². The summed E-state index contributed by atoms with van der Waals surface area (Å²) in [7, 11) is 0. The van der Waals surface area contributed by atoms with Crippen LogP contribution in [0, 0.1) is 0 Å². The summed E-state index contributed by atoms with van der Waals surface area (Å²) in [4.78, 5) is 2.58. The van der Waals surface area contributed by atoms with Gasteiger partial charge in [-0.2, -0.15) is 0 Å². The summed E-state index contributed by atoms with van der Waals surface area (Å²) >= 11 is 5.81. The molecule has 1 fully saturated rings. The zero-order valence-electron chi connectivity index (χ0n) is 11.9. The Kier molecular flexibility index (Phi) is 5.06. The van der Waals surface area contributed by atoms with Gasteiger partial charge in [0.05, 0.1) is 0 Å². The molecule has 0 aromatic heterocycles. The molecule has 1 aliphatic heterocycles. The highest BCUT2D eigenvalue weighted by Gasteiger charge is 2.40. The van der Waals surface area contributed by atoms with Gasteiger partial charge in [0.1, 0.15) is 0 Å². The molecule has 1 saturated heterocycles. The van der Waals surface area contributed by atoms with Crippen LogP contribution in [0.2, 0.25) is 0 Å². The van der Waals surface area contributed by atoms with Crippen LogP contribution in [0.4, 0.5) is 0 Å². The van der Waals surface area contributed by atoms with E-state index in [9.17, 15) is 0 Å². The SMILES string of the molecule is CCC1(C)CN(CC(C)=CCl)C(C)(CC)CN1. The fraction of sp³-hybridized carbons (Fsp3) is 0.857. The summed E-state index contributed by atoms with van der Waals surface area (Å²) in [5.41, 5.74) is 3.44. The van der Waals surface area contributed by atoms with E-state index in [0.717, 1.165) is 32.5 Å². The summed E-state index contributed by atoms with van der Waals surface area (Å²) in [6, 6.07) is 0. The fourth-order valence-electron chi connectivity index (χ4n) is 2.35. The first-order valence-electron chi connectivity index (χ1n) is 6.65. The van der Waals surface area contributed by atoms with Crippen molar-refractivity contribution in [2.45, 2.75) is 58.5 Å². The van der Waals surface area contributed by atoms with Crippen LogP contribution in [0.5, 0.6) is 0 Å². The second kappa shape index (κ2) is 5.73. The Balaban J connectivity index is 2.84. The second-order valence-electron chi connectivity index (χ2n) is 5.93. The Hall–Kier alpha value is -0.0500. The number of piperazine rings is 1. The molecule has 0 bridgehead atoms. The number of rotatable bonds is 4. The third-order valence-electron chi connectivity index (χ3n) is 4.37. The van der Waals surface area contributed by atoms with Gasteiger partial charge in [-0.25, -0.2) is 0 Å². The van der Waals surface area contributed by atoms with Gasteiger partial charge < -0.3 is 5.32 Å². The Labute approximate surface area is 111 Å². The molecule has 1 heterocycles. The molecule has 100 valence electrons. The van der Waals surface area contributed by atoms with Gasteiger partial charge in [0.25, 0.3) is 0 Å². The van der Waals surface area contributed by atoms with Crippen LogP contribution in [0.1, 0.15) is 47.5 Å². The van der Waals surface area contributed by atoms with Gasteiger partial charge in [-0.05, 0) is 39.2 Å². The Morgan fingerprint density at radius 1 is 1.35 bits per heavy atom. The smallest absolute Gasteiger partial charge is 0.0307 e. The standard InChI is InChI=1S/C14H27ClN2/c1-6-13(4)11-17(9-12(3)8-15)14(5,7-2)10-16-13/h8,16H,6-7,9-11H2,1-5H3. The molecular formula is C14H27ClN2. The summed E-state index contributed by atoms with van der Waals surface area (Å²) in [5, 5.41) is 3.71. The highest BCUT2D eigenvalue weighted by Crippen LogP contribution is 2.29. The van der Waals surface area contributed by atoms with E-state index in [2.05, 4.69) is 44.8 Å². The molecule has 0 aliphatic carbocycles. The zero-order valence-corrected chi connectivity index (χ0v) is 12.7. The van der Waals surface area contributed by atoms with Gasteiger partial charge in [-0.1, -0.05) is 25.4 Å². The normalized spacial score (nSPS) is 36.2. The molecule has 0 amide bonds. The lowest BCUT2D eigenvalue weighted by Crippen LogP contribution is -2.67. The first-order valence-corrected chi connectivity index (χ1v) is 7.08. The minimum atomic E-state index is 0.237. The average Bonchev–Trinajstić information content (AvgIpc) is 2.34. The molecule has 2 nitrogen and oxygen atoms in total. The number of hydrogen-bond acceptors (Lipinski definition) is 2. The third-order valence-corrected chi connectivity index (χ3v) is 4.74. The summed E-state index contributed by atoms with van der Waals surface area (Å²) in [5.74, 6) is 0. The predicted molar refractivity (Wildman–Crippen MR) is 76.6 cm³/mol. The monoisotopic (exact) mass is 258 g/mol. The van der Waals surface area contributed by atoms with E-state index in [1.165, 1.54) is 5.57 Å². The fourth-order valence-corrected chi connectivity index (χ4v) is 2.42. The quantitative estimate of drug-likeness (QED) is 0.832. The maximum absolute atomic E-state index is 5.81. The lowest BCUT2D eigenvalue weighted by Gasteiger charge is -2.52. The van der Waals surface area contributed by atoms with Crippen LogP contribution in [-0.2, 0) is 0 Å². The third kappa shape index (κ3) is 3.46. The van der Waals surface area contributed by atoms with E-state index in [4.69, 9.17) is 11.6 Å². The highest BCUT2D eigenvalue weighted by molar-refractivity contribution is 6.25. The molecule has 1 aliphatic rings. The van der Waals surface area contributed by atoms with Gasteiger partial charge in [0, 0.05) is 36.2 Å². The van der Waals surface area contributed by atoms with Gasteiger partial charge in [0.15, 0.2) is 0 Å². The van der Waals surface area contributed by atoms with Crippen molar-refractivity contribution in [2.75, 3.05) is 19.6 Å². The van der Waals surface area contributed by atoms with E-state index in [1.54, 1.807) is 5.54 Å². The van der Waals surface area contributed by atoms with Crippen LogP contribution in [0.25, 0.3) is 0 Å². The zero-order chi connectivity index (χ0) is 13.1. The van der Waals surface area contributed by atoms with Gasteiger partial charge in [0.2, 0.25) is 0 Å². The first-order chi connectivity index (χ1) is 7.89. The van der Waals surface area contributed by atoms with Crippen molar-refractivity contribution >= 4 is 11.6 Å². The van der Waals surface area contributed by atoms with Crippen molar-refractivity contribution in [3.05, 3.63) is 11.1 Å². The lowest BCUT2D eigenvalue weighted by molar-refractivity contribution is 0.0247. The van der Waals surface area contributed by atoms with Gasteiger partial charge >= 0.3 is 0 Å². The van der Waals surface area contributed by atoms with Crippen LogP contribution in [0.15, 0.2) is 11.1 Å². The maximum Gasteiger partial charge on any atom is 0.0307 e. The van der Waals surface area contributed by atoms with Gasteiger partial charge in [-0.3, -0.25) is 4.90 Å². The minimum absolute atomic E-state index is 0.237. The molecule has 0 aromatic rings. The summed E-state index contributed by atoms with van der Waals surface area (Å²) < 4.78 is 0. The van der Waals surface area contributed by atoms with E-state index in [-0.39, 0.29) is 11.1 Å². The largest absolute Gasteiger partial charge is 0.308 e. The Morgan fingerprint density at radius 3 is 2.47 bits per heavy atom. The molecule has 0 spiro atoms. The van der Waals surface area contributed by atoms with Crippen LogP contribution >= 0.6 is 11.6 Å². The maximum atomic E-state index is 5.81. The van der Waals surface area contributed by atoms with Crippen molar-refractivity contribution in [3.8, 4) is 0 Å². The van der Waals surface area contributed by atoms with E-state index in [0.29, 0.717) is 0 Å². The first kappa shape index (κ1) is 15.0. The van der Waals surface area contributed by atoms with Gasteiger partial charge in [-0.15, -0.1) is 0 Å². The summed E-state index contributed by atoms with van der Waals surface area (Å²) in [6.07, 6.45) is 2.32. The van der Waals surface area contributed by atoms with Crippen LogP contribution in [0.3, 0.4) is 0 Å². The molecule has 0 saturated carbocycles. The molecular weight excluding hydrogens is 232 g/mol. The van der Waals surface area contributed by atoms with Crippen molar-refractivity contribution in [1.29, 1.82) is 0 Å². The van der Waals surface area contributed by atoms with Crippen LogP contribution in [-0.4, -0.2) is 35.6 Å². The van der Waals surface area contributed by atoms with E-state index < -0.39 is 0 Å². The molecule has 17 heavy (non-hydrogen) atoms. The second-order valence-corrected chi connectivity index (χ2v) is 6.15. The Morgan fingerprint density at radius 2 is 2.00 bits per heavy atom. The number of nitrogens with one attached hydrogen (secondary N) is 1. The minimum Gasteiger partial charge on any atom is -0.308 e. The Bertz CT molecular complexity index is 290. The van der Waals surface area contributed by atoms with Crippen molar-refractivity contribution in [3.63, 3.8) is 0 Å². The highest BCUT2D eigenvalue weighted by atomic mass is 35.5. The lowest BCUT2D eigenvalue weighted by atomic mass is 9.85. The number of halogens is 1. The number of nitrogens with zero attached hydrogens (tertiary/aromatic N) is 1. The molecule has 2 unspecified atom stereocenters. The van der Waals surface area contributed by atoms with Crippen LogP contribution < -0.4 is 5.32 Å². The van der Waals surface area contributed by atoms with E-state index >= 15 is 0 Å². The molecule has 2 atom stereocenters. The molecule has 1 rings (SSSR count). The van der Waals surface area contributed by atoms with Crippen molar-refractivity contribution in [2.24, 2.45) is 0 Å². The molecule has 3 heteroatoms. The van der Waals surface area contributed by atoms with Crippen molar-refractivity contribution in [1.82, 2.24) is 10.2 Å². The summed E-state index contributed by atoms with van der Waals surface area (Å²) in [6.45, 7) is 14.4. The van der Waals surface area contributed by atoms with Crippen molar-refractivity contribution < 1.29 is 0 Å². The average molecular weight is 259 g/mol. The molecule has 0 aromatic carbocycles. The predicted octanol–water partition coefficient (Wildman–Crippen LogP) is 3.37. The molecule has 0 radical (unpaired) electrons.